The van der Waals surface area contributed by atoms with Gasteiger partial charge in [-0.05, 0) is 17.4 Å². The molecule has 0 saturated carbocycles. The molecule has 0 amide bonds. The van der Waals surface area contributed by atoms with Crippen molar-refractivity contribution in [1.82, 2.24) is 20.2 Å². The second kappa shape index (κ2) is 8.51. The van der Waals surface area contributed by atoms with E-state index in [-0.39, 0.29) is 25.6 Å². The third kappa shape index (κ3) is 5.28. The van der Waals surface area contributed by atoms with Crippen LogP contribution in [-0.2, 0) is 20.8 Å². The fourth-order valence-electron chi connectivity index (χ4n) is 1.28. The van der Waals surface area contributed by atoms with E-state index in [1.807, 2.05) is 0 Å². The average Bonchev–Trinajstić information content (AvgIpc) is 2.83. The summed E-state index contributed by atoms with van der Waals surface area (Å²) in [6.07, 6.45) is -0.825. The Kier molecular flexibility index (Phi) is 6.93. The van der Waals surface area contributed by atoms with Crippen LogP contribution in [0.2, 0.25) is 0 Å². The van der Waals surface area contributed by atoms with Gasteiger partial charge in [0, 0.05) is 7.11 Å². The van der Waals surface area contributed by atoms with Crippen LogP contribution in [0.4, 0.5) is 0 Å². The van der Waals surface area contributed by atoms with Crippen LogP contribution >= 0.6 is 0 Å². The zero-order chi connectivity index (χ0) is 14.1. The summed E-state index contributed by atoms with van der Waals surface area (Å²) >= 11 is 0. The SMILES string of the molecule is CCOC(=O)c1nnnn1CC(O)COCCOC. The molecule has 9 heteroatoms. The maximum absolute atomic E-state index is 11.5. The molecule has 1 heterocycles. The average molecular weight is 274 g/mol. The molecule has 0 aromatic carbocycles. The molecule has 0 bridgehead atoms. The molecule has 19 heavy (non-hydrogen) atoms. The summed E-state index contributed by atoms with van der Waals surface area (Å²) in [5, 5.41) is 20.3. The molecule has 0 aliphatic heterocycles. The van der Waals surface area contributed by atoms with Gasteiger partial charge in [0.05, 0.1) is 39.1 Å². The minimum absolute atomic E-state index is 0.0437. The number of esters is 1. The second-order valence-electron chi connectivity index (χ2n) is 3.63. The number of methoxy groups -OCH3 is 1. The molecule has 0 radical (unpaired) electrons. The van der Waals surface area contributed by atoms with E-state index in [0.717, 1.165) is 0 Å². The van der Waals surface area contributed by atoms with Crippen LogP contribution in [0.25, 0.3) is 0 Å². The van der Waals surface area contributed by atoms with Crippen molar-refractivity contribution in [3.63, 3.8) is 0 Å². The third-order valence-electron chi connectivity index (χ3n) is 2.12. The summed E-state index contributed by atoms with van der Waals surface area (Å²) in [4.78, 5) is 11.5. The van der Waals surface area contributed by atoms with Crippen LogP contribution in [0.15, 0.2) is 0 Å². The van der Waals surface area contributed by atoms with Gasteiger partial charge in [0.2, 0.25) is 0 Å². The van der Waals surface area contributed by atoms with Gasteiger partial charge < -0.3 is 19.3 Å². The summed E-state index contributed by atoms with van der Waals surface area (Å²) in [7, 11) is 1.56. The van der Waals surface area contributed by atoms with E-state index < -0.39 is 12.1 Å². The Hall–Kier alpha value is -1.58. The lowest BCUT2D eigenvalue weighted by Crippen LogP contribution is -2.26. The largest absolute Gasteiger partial charge is 0.460 e. The fourth-order valence-corrected chi connectivity index (χ4v) is 1.28. The minimum atomic E-state index is -0.825. The van der Waals surface area contributed by atoms with Gasteiger partial charge in [0.15, 0.2) is 0 Å². The summed E-state index contributed by atoms with van der Waals surface area (Å²) in [6.45, 7) is 2.90. The lowest BCUT2D eigenvalue weighted by Gasteiger charge is -2.11. The Morgan fingerprint density at radius 3 is 2.95 bits per heavy atom. The lowest BCUT2D eigenvalue weighted by molar-refractivity contribution is 0.00507. The first-order valence-corrected chi connectivity index (χ1v) is 5.87. The Morgan fingerprint density at radius 1 is 1.47 bits per heavy atom. The van der Waals surface area contributed by atoms with E-state index in [0.29, 0.717) is 13.2 Å². The summed E-state index contributed by atoms with van der Waals surface area (Å²) in [5.41, 5.74) is 0. The number of aromatic nitrogens is 4. The first kappa shape index (κ1) is 15.5. The zero-order valence-electron chi connectivity index (χ0n) is 11.0. The topological polar surface area (TPSA) is 109 Å². The monoisotopic (exact) mass is 274 g/mol. The predicted octanol–water partition coefficient (Wildman–Crippen LogP) is -1.13. The molecule has 0 saturated heterocycles. The Labute approximate surface area is 110 Å². The highest BCUT2D eigenvalue weighted by atomic mass is 16.5. The normalized spacial score (nSPS) is 12.4. The summed E-state index contributed by atoms with van der Waals surface area (Å²) in [5.74, 6) is -0.669. The van der Waals surface area contributed by atoms with Gasteiger partial charge in [0.1, 0.15) is 0 Å². The maximum Gasteiger partial charge on any atom is 0.378 e. The van der Waals surface area contributed by atoms with Crippen LogP contribution in [0.5, 0.6) is 0 Å². The molecule has 0 fully saturated rings. The number of hydrogen-bond acceptors (Lipinski definition) is 8. The van der Waals surface area contributed by atoms with Crippen LogP contribution in [-0.4, -0.2) is 70.9 Å². The number of rotatable bonds is 9. The van der Waals surface area contributed by atoms with Crippen LogP contribution < -0.4 is 0 Å². The van der Waals surface area contributed by atoms with Crippen molar-refractivity contribution >= 4 is 5.97 Å². The Balaban J connectivity index is 2.43. The Morgan fingerprint density at radius 2 is 2.26 bits per heavy atom. The predicted molar refractivity (Wildman–Crippen MR) is 62.5 cm³/mol. The summed E-state index contributed by atoms with van der Waals surface area (Å²) < 4.78 is 15.9. The lowest BCUT2D eigenvalue weighted by atomic mass is 10.4. The smallest absolute Gasteiger partial charge is 0.378 e. The maximum atomic E-state index is 11.5. The molecule has 1 unspecified atom stereocenters. The molecule has 1 rings (SSSR count). The standard InChI is InChI=1S/C10H18N4O5/c1-3-19-10(16)9-11-12-13-14(9)6-8(15)7-18-5-4-17-2/h8,15H,3-7H2,1-2H3. The molecule has 1 atom stereocenters. The summed E-state index contributed by atoms with van der Waals surface area (Å²) in [6, 6.07) is 0. The van der Waals surface area contributed by atoms with Crippen molar-refractivity contribution in [2.24, 2.45) is 0 Å². The molecular formula is C10H18N4O5. The molecular weight excluding hydrogens is 256 g/mol. The van der Waals surface area contributed by atoms with E-state index in [4.69, 9.17) is 14.2 Å². The van der Waals surface area contributed by atoms with E-state index >= 15 is 0 Å². The number of tetrazole rings is 1. The van der Waals surface area contributed by atoms with Crippen molar-refractivity contribution in [2.75, 3.05) is 33.5 Å². The van der Waals surface area contributed by atoms with Gasteiger partial charge in [-0.1, -0.05) is 0 Å². The van der Waals surface area contributed by atoms with Gasteiger partial charge >= 0.3 is 5.97 Å². The Bertz CT molecular complexity index is 384. The number of aliphatic hydroxyl groups is 1. The molecule has 0 aliphatic carbocycles. The molecule has 1 aromatic rings. The van der Waals surface area contributed by atoms with Gasteiger partial charge in [-0.25, -0.2) is 9.48 Å². The minimum Gasteiger partial charge on any atom is -0.460 e. The van der Waals surface area contributed by atoms with Crippen LogP contribution in [0.1, 0.15) is 17.5 Å². The van der Waals surface area contributed by atoms with E-state index in [2.05, 4.69) is 15.5 Å². The quantitative estimate of drug-likeness (QED) is 0.445. The molecule has 1 aromatic heterocycles. The van der Waals surface area contributed by atoms with Crippen molar-refractivity contribution in [3.8, 4) is 0 Å². The highest BCUT2D eigenvalue weighted by Gasteiger charge is 2.18. The van der Waals surface area contributed by atoms with Crippen molar-refractivity contribution in [1.29, 1.82) is 0 Å². The molecule has 9 nitrogen and oxygen atoms in total. The molecule has 0 aliphatic rings. The number of ether oxygens (including phenoxy) is 3. The number of hydrogen-bond donors (Lipinski definition) is 1. The van der Waals surface area contributed by atoms with Gasteiger partial charge in [-0.3, -0.25) is 0 Å². The number of aliphatic hydroxyl groups excluding tert-OH is 1. The fraction of sp³-hybridized carbons (Fsp3) is 0.800. The number of carbonyl (C=O) groups excluding carboxylic acids is 1. The van der Waals surface area contributed by atoms with Crippen molar-refractivity contribution < 1.29 is 24.1 Å². The van der Waals surface area contributed by atoms with E-state index in [9.17, 15) is 9.90 Å². The van der Waals surface area contributed by atoms with Gasteiger partial charge in [0.25, 0.3) is 5.82 Å². The highest BCUT2D eigenvalue weighted by molar-refractivity contribution is 5.85. The third-order valence-corrected chi connectivity index (χ3v) is 2.12. The molecule has 1 N–H and O–H groups in total. The van der Waals surface area contributed by atoms with Crippen molar-refractivity contribution in [2.45, 2.75) is 19.6 Å². The number of nitrogens with zero attached hydrogens (tertiary/aromatic N) is 4. The number of carbonyl (C=O) groups is 1. The van der Waals surface area contributed by atoms with E-state index in [1.165, 1.54) is 4.68 Å². The second-order valence-corrected chi connectivity index (χ2v) is 3.63. The molecule has 0 spiro atoms. The van der Waals surface area contributed by atoms with E-state index in [1.54, 1.807) is 14.0 Å². The first-order valence-electron chi connectivity index (χ1n) is 5.87. The molecule has 108 valence electrons. The highest BCUT2D eigenvalue weighted by Crippen LogP contribution is 1.99. The van der Waals surface area contributed by atoms with Gasteiger partial charge in [-0.2, -0.15) is 0 Å². The first-order chi connectivity index (χ1) is 9.19. The van der Waals surface area contributed by atoms with Crippen molar-refractivity contribution in [3.05, 3.63) is 5.82 Å². The van der Waals surface area contributed by atoms with Gasteiger partial charge in [-0.15, -0.1) is 5.10 Å². The van der Waals surface area contributed by atoms with Crippen LogP contribution in [0.3, 0.4) is 0 Å². The van der Waals surface area contributed by atoms with Crippen LogP contribution in [0, 0.1) is 0 Å². The zero-order valence-corrected chi connectivity index (χ0v) is 11.0.